The van der Waals surface area contributed by atoms with Crippen LogP contribution in [-0.4, -0.2) is 58.3 Å². The standard InChI is InChI=1S/C12H17Cl2N3O6S/c13-3-8(14)24-5-7(11(21)16-4-10(19)20)17-9(18)2-1-6(15)12(22)23/h3,6-7H,1-2,4-5,15H2,(H,16,21)(H,17,18)(H,19,20)(H,22,23)/b8-3-/t6-,7-/m0/s1. The van der Waals surface area contributed by atoms with E-state index in [-0.39, 0.29) is 23.0 Å². The van der Waals surface area contributed by atoms with E-state index >= 15 is 0 Å². The molecule has 2 amide bonds. The van der Waals surface area contributed by atoms with Crippen LogP contribution in [0.3, 0.4) is 0 Å². The highest BCUT2D eigenvalue weighted by Crippen LogP contribution is 2.21. The number of hydrogen-bond acceptors (Lipinski definition) is 6. The lowest BCUT2D eigenvalue weighted by molar-refractivity contribution is -0.139. The van der Waals surface area contributed by atoms with Gasteiger partial charge >= 0.3 is 11.9 Å². The Hall–Kier alpha value is -1.49. The van der Waals surface area contributed by atoms with Crippen molar-refractivity contribution in [1.82, 2.24) is 10.6 Å². The van der Waals surface area contributed by atoms with Crippen LogP contribution >= 0.6 is 35.0 Å². The van der Waals surface area contributed by atoms with Crippen molar-refractivity contribution >= 4 is 58.7 Å². The van der Waals surface area contributed by atoms with E-state index in [1.54, 1.807) is 0 Å². The van der Waals surface area contributed by atoms with Crippen molar-refractivity contribution in [2.45, 2.75) is 24.9 Å². The maximum Gasteiger partial charge on any atom is 0.322 e. The van der Waals surface area contributed by atoms with Gasteiger partial charge in [0.2, 0.25) is 11.8 Å². The molecular formula is C12H17Cl2N3O6S. The zero-order chi connectivity index (χ0) is 18.7. The normalized spacial score (nSPS) is 13.7. The summed E-state index contributed by atoms with van der Waals surface area (Å²) >= 11 is 12.0. The van der Waals surface area contributed by atoms with Crippen LogP contribution in [-0.2, 0) is 19.2 Å². The Morgan fingerprint density at radius 2 is 1.88 bits per heavy atom. The number of carbonyl (C=O) groups excluding carboxylic acids is 2. The van der Waals surface area contributed by atoms with Crippen LogP contribution in [0.2, 0.25) is 0 Å². The van der Waals surface area contributed by atoms with Gasteiger partial charge in [-0.25, -0.2) is 0 Å². The molecule has 6 N–H and O–H groups in total. The predicted molar refractivity (Wildman–Crippen MR) is 89.7 cm³/mol. The van der Waals surface area contributed by atoms with Crippen LogP contribution in [0, 0.1) is 0 Å². The van der Waals surface area contributed by atoms with Crippen molar-refractivity contribution < 1.29 is 29.4 Å². The molecule has 0 aromatic carbocycles. The van der Waals surface area contributed by atoms with Crippen LogP contribution in [0.15, 0.2) is 9.90 Å². The van der Waals surface area contributed by atoms with Gasteiger partial charge in [-0.1, -0.05) is 23.2 Å². The Morgan fingerprint density at radius 1 is 1.25 bits per heavy atom. The Morgan fingerprint density at radius 3 is 2.38 bits per heavy atom. The van der Waals surface area contributed by atoms with Crippen LogP contribution in [0.4, 0.5) is 0 Å². The summed E-state index contributed by atoms with van der Waals surface area (Å²) in [6, 6.07) is -2.27. The molecule has 0 aromatic heterocycles. The van der Waals surface area contributed by atoms with E-state index < -0.39 is 42.4 Å². The zero-order valence-corrected chi connectivity index (χ0v) is 14.7. The van der Waals surface area contributed by atoms with Crippen LogP contribution < -0.4 is 16.4 Å². The fourth-order valence-electron chi connectivity index (χ4n) is 1.34. The molecule has 0 unspecified atom stereocenters. The van der Waals surface area contributed by atoms with E-state index in [2.05, 4.69) is 10.6 Å². The summed E-state index contributed by atoms with van der Waals surface area (Å²) in [4.78, 5) is 44.8. The maximum atomic E-state index is 11.9. The average Bonchev–Trinajstić information content (AvgIpc) is 2.53. The van der Waals surface area contributed by atoms with Crippen molar-refractivity contribution in [3.05, 3.63) is 9.90 Å². The van der Waals surface area contributed by atoms with Gasteiger partial charge in [0.05, 0.1) is 4.36 Å². The Labute approximate surface area is 151 Å². The largest absolute Gasteiger partial charge is 0.480 e. The first-order valence-corrected chi connectivity index (χ1v) is 8.33. The second-order valence-electron chi connectivity index (χ2n) is 4.44. The molecule has 12 heteroatoms. The first-order chi connectivity index (χ1) is 11.2. The Bertz CT molecular complexity index is 517. The SMILES string of the molecule is N[C@@H](CCC(=O)N[C@@H](CS/C(Cl)=C\Cl)C(=O)NCC(=O)O)C(=O)O. The number of nitrogens with two attached hydrogens (primary N) is 1. The molecule has 0 aromatic rings. The van der Waals surface area contributed by atoms with Gasteiger partial charge in [-0.3, -0.25) is 19.2 Å². The topological polar surface area (TPSA) is 159 Å². The molecule has 0 spiro atoms. The van der Waals surface area contributed by atoms with Gasteiger partial charge in [-0.05, 0) is 6.42 Å². The highest BCUT2D eigenvalue weighted by molar-refractivity contribution is 8.04. The minimum atomic E-state index is -1.24. The van der Waals surface area contributed by atoms with Crippen LogP contribution in [0.1, 0.15) is 12.8 Å². The number of carboxylic acids is 2. The number of rotatable bonds is 11. The fraction of sp³-hybridized carbons (Fsp3) is 0.500. The lowest BCUT2D eigenvalue weighted by Crippen LogP contribution is -2.49. The molecule has 0 aliphatic heterocycles. The van der Waals surface area contributed by atoms with E-state index in [0.29, 0.717) is 0 Å². The average molecular weight is 402 g/mol. The van der Waals surface area contributed by atoms with E-state index in [0.717, 1.165) is 17.3 Å². The molecule has 0 aliphatic rings. The quantitative estimate of drug-likeness (QED) is 0.320. The summed E-state index contributed by atoms with van der Waals surface area (Å²) in [5.41, 5.74) is 6.36. The van der Waals surface area contributed by atoms with Gasteiger partial charge in [-0.15, -0.1) is 11.8 Å². The summed E-state index contributed by atoms with van der Waals surface area (Å²) in [5, 5.41) is 21.7. The smallest absolute Gasteiger partial charge is 0.322 e. The maximum absolute atomic E-state index is 11.9. The van der Waals surface area contributed by atoms with Crippen molar-refractivity contribution in [1.29, 1.82) is 0 Å². The monoisotopic (exact) mass is 401 g/mol. The molecule has 0 fully saturated rings. The minimum Gasteiger partial charge on any atom is -0.480 e. The molecule has 0 bridgehead atoms. The minimum absolute atomic E-state index is 0.00420. The summed E-state index contributed by atoms with van der Waals surface area (Å²) in [6.07, 6.45) is -0.319. The first-order valence-electron chi connectivity index (χ1n) is 6.53. The summed E-state index contributed by atoms with van der Waals surface area (Å²) in [7, 11) is 0. The summed E-state index contributed by atoms with van der Waals surface area (Å²) in [6.45, 7) is -0.612. The molecule has 0 aliphatic carbocycles. The summed E-state index contributed by atoms with van der Waals surface area (Å²) < 4.78 is 0.176. The van der Waals surface area contributed by atoms with E-state index in [1.165, 1.54) is 0 Å². The number of carbonyl (C=O) groups is 4. The van der Waals surface area contributed by atoms with Gasteiger partial charge in [0, 0.05) is 17.7 Å². The molecular weight excluding hydrogens is 385 g/mol. The Kier molecular flexibility index (Phi) is 11.2. The van der Waals surface area contributed by atoms with E-state index in [4.69, 9.17) is 39.1 Å². The highest BCUT2D eigenvalue weighted by atomic mass is 35.5. The predicted octanol–water partition coefficient (Wildman–Crippen LogP) is -0.126. The van der Waals surface area contributed by atoms with E-state index in [9.17, 15) is 19.2 Å². The first kappa shape index (κ1) is 22.5. The second kappa shape index (κ2) is 12.0. The molecule has 0 heterocycles. The molecule has 9 nitrogen and oxygen atoms in total. The third-order valence-corrected chi connectivity index (χ3v) is 4.33. The second-order valence-corrected chi connectivity index (χ2v) is 6.35. The van der Waals surface area contributed by atoms with Crippen molar-refractivity contribution in [2.75, 3.05) is 12.3 Å². The molecule has 2 atom stereocenters. The van der Waals surface area contributed by atoms with Crippen molar-refractivity contribution in [3.8, 4) is 0 Å². The van der Waals surface area contributed by atoms with Gasteiger partial charge in [-0.2, -0.15) is 0 Å². The van der Waals surface area contributed by atoms with Gasteiger partial charge < -0.3 is 26.6 Å². The number of nitrogens with one attached hydrogen (secondary N) is 2. The fourth-order valence-corrected chi connectivity index (χ4v) is 2.34. The molecule has 0 saturated heterocycles. The Balaban J connectivity index is 4.66. The summed E-state index contributed by atoms with van der Waals surface area (Å²) in [5.74, 6) is -3.81. The number of amides is 2. The van der Waals surface area contributed by atoms with Crippen molar-refractivity contribution in [2.24, 2.45) is 5.73 Å². The van der Waals surface area contributed by atoms with Gasteiger partial charge in [0.15, 0.2) is 0 Å². The number of aliphatic carboxylic acids is 2. The number of carboxylic acid groups (broad SMARTS) is 2. The number of thioether (sulfide) groups is 1. The molecule has 0 rings (SSSR count). The highest BCUT2D eigenvalue weighted by Gasteiger charge is 2.22. The molecule has 0 saturated carbocycles. The number of hydrogen-bond donors (Lipinski definition) is 5. The number of halogens is 2. The lowest BCUT2D eigenvalue weighted by Gasteiger charge is -2.18. The third kappa shape index (κ3) is 10.3. The van der Waals surface area contributed by atoms with Gasteiger partial charge in [0.1, 0.15) is 18.6 Å². The van der Waals surface area contributed by atoms with Crippen LogP contribution in [0.5, 0.6) is 0 Å². The molecule has 136 valence electrons. The molecule has 24 heavy (non-hydrogen) atoms. The zero-order valence-electron chi connectivity index (χ0n) is 12.3. The van der Waals surface area contributed by atoms with Crippen LogP contribution in [0.25, 0.3) is 0 Å². The van der Waals surface area contributed by atoms with Gasteiger partial charge in [0.25, 0.3) is 0 Å². The van der Waals surface area contributed by atoms with E-state index in [1.807, 2.05) is 0 Å². The molecule has 0 radical (unpaired) electrons. The third-order valence-electron chi connectivity index (χ3n) is 2.54. The van der Waals surface area contributed by atoms with Crippen molar-refractivity contribution in [3.63, 3.8) is 0 Å². The lowest BCUT2D eigenvalue weighted by atomic mass is 10.1.